The van der Waals surface area contributed by atoms with Crippen LogP contribution in [0.25, 0.3) is 22.6 Å². The smallest absolute Gasteiger partial charge is 0.378 e. The number of alkyl halides is 3. The van der Waals surface area contributed by atoms with Gasteiger partial charge in [-0.1, -0.05) is 23.2 Å². The van der Waals surface area contributed by atoms with E-state index in [1.165, 1.54) is 24.4 Å². The minimum Gasteiger partial charge on any atom is -0.378 e. The van der Waals surface area contributed by atoms with E-state index in [-0.39, 0.29) is 46.1 Å². The standard InChI is InChI=1S/C21H16Cl2F3N9O2/c22-10-1-2-11(13(23)7-10)17-12(19-30-9-15(32-19)21(24,25)26)8-31-20(34-17)29-6-5-28-16-4-3-14(35(36)37)18(27)33-16/h1-4,7-9H,5-6H2,(H,30,32)(H3,27,28,33)(H,29,31,34). The molecular weight excluding hydrogens is 538 g/mol. The van der Waals surface area contributed by atoms with Crippen molar-refractivity contribution in [1.82, 2.24) is 24.9 Å². The van der Waals surface area contributed by atoms with Crippen LogP contribution in [0.2, 0.25) is 10.0 Å². The van der Waals surface area contributed by atoms with Crippen LogP contribution in [-0.2, 0) is 6.18 Å². The van der Waals surface area contributed by atoms with E-state index in [2.05, 4.69) is 35.6 Å². The number of pyridine rings is 1. The number of halogens is 5. The summed E-state index contributed by atoms with van der Waals surface area (Å²) in [6.45, 7) is 0.588. The zero-order valence-corrected chi connectivity index (χ0v) is 20.0. The van der Waals surface area contributed by atoms with E-state index in [9.17, 15) is 23.3 Å². The van der Waals surface area contributed by atoms with E-state index in [0.29, 0.717) is 29.1 Å². The van der Waals surface area contributed by atoms with Crippen LogP contribution in [0.15, 0.2) is 42.7 Å². The first-order chi connectivity index (χ1) is 17.5. The Kier molecular flexibility index (Phi) is 7.31. The van der Waals surface area contributed by atoms with Gasteiger partial charge in [-0.15, -0.1) is 0 Å². The Bertz CT molecular complexity index is 1460. The monoisotopic (exact) mass is 553 g/mol. The lowest BCUT2D eigenvalue weighted by Gasteiger charge is -2.12. The first-order valence-corrected chi connectivity index (χ1v) is 11.1. The number of nitrogen functional groups attached to an aromatic ring is 1. The summed E-state index contributed by atoms with van der Waals surface area (Å²) < 4.78 is 39.3. The fourth-order valence-electron chi connectivity index (χ4n) is 3.21. The van der Waals surface area contributed by atoms with Gasteiger partial charge in [-0.25, -0.2) is 19.9 Å². The normalized spacial score (nSPS) is 11.4. The average Bonchev–Trinajstić information content (AvgIpc) is 3.32. The number of nitrogens with zero attached hydrogens (tertiary/aromatic N) is 5. The van der Waals surface area contributed by atoms with E-state index < -0.39 is 16.8 Å². The Balaban J connectivity index is 1.55. The molecule has 3 heterocycles. The summed E-state index contributed by atoms with van der Waals surface area (Å²) in [5, 5.41) is 17.4. The third kappa shape index (κ3) is 5.98. The maximum atomic E-state index is 13.1. The highest BCUT2D eigenvalue weighted by molar-refractivity contribution is 6.36. The van der Waals surface area contributed by atoms with E-state index in [0.717, 1.165) is 0 Å². The summed E-state index contributed by atoms with van der Waals surface area (Å²) in [7, 11) is 0. The Morgan fingerprint density at radius 1 is 1.03 bits per heavy atom. The SMILES string of the molecule is Nc1nc(NCCNc2ncc(-c3ncc(C(F)(F)F)[nH]3)c(-c3ccc(Cl)cc3Cl)n2)ccc1[N+](=O)[O-]. The highest BCUT2D eigenvalue weighted by Gasteiger charge is 2.33. The average molecular weight is 554 g/mol. The zero-order valence-electron chi connectivity index (χ0n) is 18.5. The quantitative estimate of drug-likeness (QED) is 0.129. The number of rotatable bonds is 8. The molecule has 4 rings (SSSR count). The third-order valence-corrected chi connectivity index (χ3v) is 5.47. The lowest BCUT2D eigenvalue weighted by molar-refractivity contribution is -0.384. The van der Waals surface area contributed by atoms with Crippen molar-refractivity contribution in [2.24, 2.45) is 0 Å². The third-order valence-electron chi connectivity index (χ3n) is 4.92. The van der Waals surface area contributed by atoms with Crippen LogP contribution in [-0.4, -0.2) is 42.9 Å². The number of imidazole rings is 1. The number of benzene rings is 1. The van der Waals surface area contributed by atoms with E-state index in [1.54, 1.807) is 12.1 Å². The number of nitrogens with two attached hydrogens (primary N) is 1. The fourth-order valence-corrected chi connectivity index (χ4v) is 3.71. The molecule has 5 N–H and O–H groups in total. The van der Waals surface area contributed by atoms with Crippen molar-refractivity contribution in [3.8, 4) is 22.6 Å². The highest BCUT2D eigenvalue weighted by atomic mass is 35.5. The summed E-state index contributed by atoms with van der Waals surface area (Å²) in [5.41, 5.74) is 5.07. The molecule has 3 aromatic heterocycles. The molecule has 1 aromatic carbocycles. The number of nitro groups is 1. The molecule has 0 atom stereocenters. The van der Waals surface area contributed by atoms with E-state index >= 15 is 0 Å². The molecule has 0 saturated carbocycles. The van der Waals surface area contributed by atoms with Gasteiger partial charge in [-0.3, -0.25) is 10.1 Å². The molecule has 0 spiro atoms. The van der Waals surface area contributed by atoms with Gasteiger partial charge < -0.3 is 21.4 Å². The Morgan fingerprint density at radius 2 is 1.78 bits per heavy atom. The first-order valence-electron chi connectivity index (χ1n) is 10.4. The van der Waals surface area contributed by atoms with Crippen molar-refractivity contribution in [3.63, 3.8) is 0 Å². The summed E-state index contributed by atoms with van der Waals surface area (Å²) in [5.74, 6) is 0.166. The molecule has 0 aliphatic rings. The molecule has 0 saturated heterocycles. The second-order valence-corrected chi connectivity index (χ2v) is 8.28. The predicted molar refractivity (Wildman–Crippen MR) is 132 cm³/mol. The molecule has 11 nitrogen and oxygen atoms in total. The number of hydrogen-bond acceptors (Lipinski definition) is 9. The molecule has 0 bridgehead atoms. The number of nitrogens with one attached hydrogen (secondary N) is 3. The Labute approximate surface area is 216 Å². The van der Waals surface area contributed by atoms with Gasteiger partial charge in [0.15, 0.2) is 0 Å². The number of aromatic amines is 1. The Hall–Kier alpha value is -4.17. The fraction of sp³-hybridized carbons (Fsp3) is 0.143. The van der Waals surface area contributed by atoms with E-state index in [4.69, 9.17) is 28.9 Å². The molecule has 16 heteroatoms. The van der Waals surface area contributed by atoms with Gasteiger partial charge in [0.05, 0.1) is 27.4 Å². The largest absolute Gasteiger partial charge is 0.432 e. The van der Waals surface area contributed by atoms with Crippen LogP contribution in [0.4, 0.5) is 36.4 Å². The van der Waals surface area contributed by atoms with Gasteiger partial charge in [-0.2, -0.15) is 13.2 Å². The molecule has 192 valence electrons. The number of H-pyrrole nitrogens is 1. The van der Waals surface area contributed by atoms with Gasteiger partial charge in [-0.05, 0) is 24.3 Å². The van der Waals surface area contributed by atoms with Crippen molar-refractivity contribution in [1.29, 1.82) is 0 Å². The molecule has 0 fully saturated rings. The van der Waals surface area contributed by atoms with Crippen molar-refractivity contribution in [2.75, 3.05) is 29.5 Å². The summed E-state index contributed by atoms with van der Waals surface area (Å²) in [6.07, 6.45) is -2.61. The first kappa shape index (κ1) is 25.9. The zero-order chi connectivity index (χ0) is 26.7. The van der Waals surface area contributed by atoms with Crippen LogP contribution in [0.3, 0.4) is 0 Å². The van der Waals surface area contributed by atoms with E-state index in [1.807, 2.05) is 0 Å². The van der Waals surface area contributed by atoms with Gasteiger partial charge in [0, 0.05) is 35.9 Å². The van der Waals surface area contributed by atoms with Crippen molar-refractivity contribution in [3.05, 3.63) is 68.6 Å². The number of anilines is 3. The molecule has 0 amide bonds. The van der Waals surface area contributed by atoms with Gasteiger partial charge in [0.1, 0.15) is 17.3 Å². The predicted octanol–water partition coefficient (Wildman–Crippen LogP) is 5.27. The molecule has 0 aliphatic heterocycles. The molecule has 0 radical (unpaired) electrons. The maximum Gasteiger partial charge on any atom is 0.432 e. The van der Waals surface area contributed by atoms with Crippen LogP contribution in [0, 0.1) is 10.1 Å². The highest BCUT2D eigenvalue weighted by Crippen LogP contribution is 2.36. The molecule has 0 unspecified atom stereocenters. The van der Waals surface area contributed by atoms with Crippen molar-refractivity contribution < 1.29 is 18.1 Å². The lowest BCUT2D eigenvalue weighted by atomic mass is 10.1. The lowest BCUT2D eigenvalue weighted by Crippen LogP contribution is -2.16. The van der Waals surface area contributed by atoms with Crippen LogP contribution in [0.5, 0.6) is 0 Å². The van der Waals surface area contributed by atoms with Crippen LogP contribution in [0.1, 0.15) is 5.69 Å². The molecule has 0 aliphatic carbocycles. The second-order valence-electron chi connectivity index (χ2n) is 7.43. The van der Waals surface area contributed by atoms with Crippen LogP contribution >= 0.6 is 23.2 Å². The summed E-state index contributed by atoms with van der Waals surface area (Å²) >= 11 is 12.3. The minimum absolute atomic E-state index is 0.0941. The van der Waals surface area contributed by atoms with Gasteiger partial charge >= 0.3 is 11.9 Å². The number of hydrogen-bond donors (Lipinski definition) is 4. The summed E-state index contributed by atoms with van der Waals surface area (Å²) in [6, 6.07) is 7.28. The second kappa shape index (κ2) is 10.4. The minimum atomic E-state index is -4.61. The molecular formula is C21H16Cl2F3N9O2. The topological polar surface area (TPSA) is 161 Å². The van der Waals surface area contributed by atoms with Crippen LogP contribution < -0.4 is 16.4 Å². The van der Waals surface area contributed by atoms with Crippen molar-refractivity contribution in [2.45, 2.75) is 6.18 Å². The van der Waals surface area contributed by atoms with Gasteiger partial charge in [0.2, 0.25) is 11.8 Å². The number of aromatic nitrogens is 5. The molecule has 37 heavy (non-hydrogen) atoms. The molecule has 4 aromatic rings. The Morgan fingerprint density at radius 3 is 2.43 bits per heavy atom. The van der Waals surface area contributed by atoms with Crippen molar-refractivity contribution >= 4 is 46.5 Å². The van der Waals surface area contributed by atoms with Gasteiger partial charge in [0.25, 0.3) is 0 Å². The summed E-state index contributed by atoms with van der Waals surface area (Å²) in [4.78, 5) is 28.8. The maximum absolute atomic E-state index is 13.1.